The number of rotatable bonds is 4. The number of nitrogens with zero attached hydrogens (tertiary/aromatic N) is 1. The third-order valence-electron chi connectivity index (χ3n) is 3.31. The molecule has 124 valence electrons. The van der Waals surface area contributed by atoms with E-state index >= 15 is 0 Å². The zero-order valence-electron chi connectivity index (χ0n) is 13.4. The minimum absolute atomic E-state index is 0.455. The summed E-state index contributed by atoms with van der Waals surface area (Å²) in [6.45, 7) is 4.24. The normalized spacial score (nSPS) is 10.8. The van der Waals surface area contributed by atoms with E-state index in [1.54, 1.807) is 18.2 Å². The van der Waals surface area contributed by atoms with Gasteiger partial charge in [-0.15, -0.1) is 0 Å². The predicted molar refractivity (Wildman–Crippen MR) is 99.0 cm³/mol. The molecule has 0 atom stereocenters. The molecule has 0 saturated carbocycles. The Balaban J connectivity index is 1.90. The number of hydrogen-bond donors (Lipinski definition) is 2. The van der Waals surface area contributed by atoms with Gasteiger partial charge >= 0.3 is 11.8 Å². The highest BCUT2D eigenvalue weighted by Crippen LogP contribution is 2.20. The molecule has 0 heterocycles. The van der Waals surface area contributed by atoms with Crippen molar-refractivity contribution >= 4 is 39.6 Å². The summed E-state index contributed by atoms with van der Waals surface area (Å²) in [6.07, 6.45) is 1.49. The van der Waals surface area contributed by atoms with Crippen LogP contribution < -0.4 is 10.7 Å². The number of hydrazone groups is 1. The number of para-hydroxylation sites is 1. The third kappa shape index (κ3) is 5.03. The second kappa shape index (κ2) is 8.40. The van der Waals surface area contributed by atoms with Crippen LogP contribution >= 0.6 is 15.9 Å². The van der Waals surface area contributed by atoms with Gasteiger partial charge in [-0.05, 0) is 45.1 Å². The van der Waals surface area contributed by atoms with Gasteiger partial charge in [-0.3, -0.25) is 9.59 Å². The molecule has 0 saturated heterocycles. The van der Waals surface area contributed by atoms with Crippen molar-refractivity contribution in [3.05, 3.63) is 64.1 Å². The fraction of sp³-hybridized carbons (Fsp3) is 0.167. The number of amides is 2. The van der Waals surface area contributed by atoms with Crippen molar-refractivity contribution in [2.24, 2.45) is 5.10 Å². The molecule has 5 nitrogen and oxygen atoms in total. The molecule has 2 aromatic rings. The van der Waals surface area contributed by atoms with E-state index in [2.05, 4.69) is 45.6 Å². The van der Waals surface area contributed by atoms with E-state index in [9.17, 15) is 9.59 Å². The Kier molecular flexibility index (Phi) is 6.26. The van der Waals surface area contributed by atoms with Crippen LogP contribution in [0.15, 0.2) is 58.1 Å². The molecule has 0 fully saturated rings. The second-order valence-corrected chi connectivity index (χ2v) is 6.31. The molecule has 0 unspecified atom stereocenters. The summed E-state index contributed by atoms with van der Waals surface area (Å²) in [4.78, 5) is 23.5. The van der Waals surface area contributed by atoms with Crippen LogP contribution in [-0.4, -0.2) is 18.0 Å². The average Bonchev–Trinajstić information content (AvgIpc) is 2.57. The minimum Gasteiger partial charge on any atom is -0.317 e. The Morgan fingerprint density at radius 2 is 1.71 bits per heavy atom. The van der Waals surface area contributed by atoms with Crippen molar-refractivity contribution in [2.45, 2.75) is 19.8 Å². The fourth-order valence-corrected chi connectivity index (χ4v) is 2.31. The molecule has 0 aromatic heterocycles. The molecule has 0 spiro atoms. The number of carbonyl (C=O) groups is 2. The smallest absolute Gasteiger partial charge is 0.317 e. The molecule has 0 bridgehead atoms. The molecule has 0 aliphatic rings. The Hall–Kier alpha value is -2.47. The number of halogens is 1. The maximum absolute atomic E-state index is 11.8. The summed E-state index contributed by atoms with van der Waals surface area (Å²) >= 11 is 3.30. The topological polar surface area (TPSA) is 70.6 Å². The van der Waals surface area contributed by atoms with Gasteiger partial charge in [0.05, 0.1) is 11.9 Å². The van der Waals surface area contributed by atoms with Crippen LogP contribution in [0.25, 0.3) is 0 Å². The molecule has 2 N–H and O–H groups in total. The molecular weight excluding hydrogens is 370 g/mol. The van der Waals surface area contributed by atoms with Crippen molar-refractivity contribution < 1.29 is 9.59 Å². The summed E-state index contributed by atoms with van der Waals surface area (Å²) in [5.41, 5.74) is 4.80. The zero-order valence-corrected chi connectivity index (χ0v) is 15.0. The molecule has 2 amide bonds. The van der Waals surface area contributed by atoms with E-state index in [4.69, 9.17) is 0 Å². The number of carbonyl (C=O) groups excluding carboxylic acids is 2. The average molecular weight is 388 g/mol. The summed E-state index contributed by atoms with van der Waals surface area (Å²) in [5.74, 6) is -1.16. The molecular formula is C18H18BrN3O2. The van der Waals surface area contributed by atoms with Crippen LogP contribution in [0.2, 0.25) is 0 Å². The largest absolute Gasteiger partial charge is 0.329 e. The van der Waals surface area contributed by atoms with Gasteiger partial charge < -0.3 is 5.32 Å². The third-order valence-corrected chi connectivity index (χ3v) is 4.00. The number of anilines is 1. The summed E-state index contributed by atoms with van der Waals surface area (Å²) in [7, 11) is 0. The first-order valence-corrected chi connectivity index (χ1v) is 8.25. The van der Waals surface area contributed by atoms with Gasteiger partial charge in [0.25, 0.3) is 0 Å². The molecule has 0 aliphatic heterocycles. The maximum Gasteiger partial charge on any atom is 0.329 e. The van der Waals surface area contributed by atoms with Crippen LogP contribution in [0, 0.1) is 0 Å². The predicted octanol–water partition coefficient (Wildman–Crippen LogP) is 3.66. The summed E-state index contributed by atoms with van der Waals surface area (Å²) < 4.78 is 0.694. The zero-order chi connectivity index (χ0) is 17.5. The van der Waals surface area contributed by atoms with Gasteiger partial charge in [-0.2, -0.15) is 5.10 Å². The lowest BCUT2D eigenvalue weighted by atomic mass is 10.0. The number of benzene rings is 2. The van der Waals surface area contributed by atoms with Crippen molar-refractivity contribution in [1.29, 1.82) is 0 Å². The number of hydrogen-bond acceptors (Lipinski definition) is 3. The monoisotopic (exact) mass is 387 g/mol. The van der Waals surface area contributed by atoms with Crippen LogP contribution in [0.4, 0.5) is 5.69 Å². The first-order chi connectivity index (χ1) is 11.5. The van der Waals surface area contributed by atoms with Crippen molar-refractivity contribution in [2.75, 3.05) is 5.32 Å². The van der Waals surface area contributed by atoms with E-state index in [1.807, 2.05) is 30.3 Å². The van der Waals surface area contributed by atoms with Crippen LogP contribution in [-0.2, 0) is 9.59 Å². The molecule has 0 aliphatic carbocycles. The van der Waals surface area contributed by atoms with Gasteiger partial charge in [-0.25, -0.2) is 5.43 Å². The van der Waals surface area contributed by atoms with Gasteiger partial charge in [0.15, 0.2) is 0 Å². The van der Waals surface area contributed by atoms with Crippen LogP contribution in [0.3, 0.4) is 0 Å². The summed E-state index contributed by atoms with van der Waals surface area (Å²) in [6, 6.07) is 14.9. The van der Waals surface area contributed by atoms with Crippen LogP contribution in [0.5, 0.6) is 0 Å². The van der Waals surface area contributed by atoms with Crippen LogP contribution in [0.1, 0.15) is 30.9 Å². The second-order valence-electron chi connectivity index (χ2n) is 5.45. The Bertz CT molecular complexity index is 755. The van der Waals surface area contributed by atoms with E-state index in [1.165, 1.54) is 11.8 Å². The molecule has 24 heavy (non-hydrogen) atoms. The lowest BCUT2D eigenvalue weighted by molar-refractivity contribution is -0.136. The van der Waals surface area contributed by atoms with E-state index < -0.39 is 11.8 Å². The minimum atomic E-state index is -0.833. The summed E-state index contributed by atoms with van der Waals surface area (Å²) in [5, 5.41) is 6.31. The maximum atomic E-state index is 11.8. The van der Waals surface area contributed by atoms with Gasteiger partial charge in [0, 0.05) is 4.47 Å². The molecule has 2 rings (SSSR count). The fourth-order valence-electron chi connectivity index (χ4n) is 1.92. The SMILES string of the molecule is CC(C)c1ccc(/C=N\NC(=O)C(=O)Nc2ccccc2Br)cc1. The van der Waals surface area contributed by atoms with Gasteiger partial charge in [0.1, 0.15) is 0 Å². The van der Waals surface area contributed by atoms with Crippen molar-refractivity contribution in [3.63, 3.8) is 0 Å². The molecule has 0 radical (unpaired) electrons. The molecule has 6 heteroatoms. The quantitative estimate of drug-likeness (QED) is 0.477. The Morgan fingerprint density at radius 3 is 2.33 bits per heavy atom. The van der Waals surface area contributed by atoms with Crippen molar-refractivity contribution in [1.82, 2.24) is 5.43 Å². The van der Waals surface area contributed by atoms with E-state index in [0.717, 1.165) is 5.56 Å². The van der Waals surface area contributed by atoms with E-state index in [-0.39, 0.29) is 0 Å². The first kappa shape index (κ1) is 17.9. The lowest BCUT2D eigenvalue weighted by Crippen LogP contribution is -2.32. The molecule has 2 aromatic carbocycles. The van der Waals surface area contributed by atoms with Gasteiger partial charge in [0.2, 0.25) is 0 Å². The van der Waals surface area contributed by atoms with Crippen molar-refractivity contribution in [3.8, 4) is 0 Å². The Labute approximate surface area is 149 Å². The standard InChI is InChI=1S/C18H18BrN3O2/c1-12(2)14-9-7-13(8-10-14)11-20-22-18(24)17(23)21-16-6-4-3-5-15(16)19/h3-12H,1-2H3,(H,21,23)(H,22,24)/b20-11-. The van der Waals surface area contributed by atoms with E-state index in [0.29, 0.717) is 16.1 Å². The Morgan fingerprint density at radius 1 is 1.04 bits per heavy atom. The first-order valence-electron chi connectivity index (χ1n) is 7.46. The lowest BCUT2D eigenvalue weighted by Gasteiger charge is -2.06. The highest BCUT2D eigenvalue weighted by atomic mass is 79.9. The highest BCUT2D eigenvalue weighted by molar-refractivity contribution is 9.10. The number of nitrogens with one attached hydrogen (secondary N) is 2. The highest BCUT2D eigenvalue weighted by Gasteiger charge is 2.13. The van der Waals surface area contributed by atoms with Gasteiger partial charge in [-0.1, -0.05) is 50.2 Å².